The van der Waals surface area contributed by atoms with Crippen molar-refractivity contribution >= 4 is 28.2 Å². The molecule has 0 aliphatic heterocycles. The molecule has 2 amide bonds. The summed E-state index contributed by atoms with van der Waals surface area (Å²) in [5.41, 5.74) is 8.92. The van der Waals surface area contributed by atoms with Crippen LogP contribution in [0.5, 0.6) is 0 Å². The van der Waals surface area contributed by atoms with E-state index in [0.717, 1.165) is 15.9 Å². The molecule has 18 heavy (non-hydrogen) atoms. The van der Waals surface area contributed by atoms with Crippen LogP contribution in [0.4, 0.5) is 4.79 Å². The van der Waals surface area contributed by atoms with Gasteiger partial charge in [-0.25, -0.2) is 10.2 Å². The molecule has 0 spiro atoms. The maximum atomic E-state index is 10.5. The lowest BCUT2D eigenvalue weighted by Gasteiger charge is -2.06. The summed E-state index contributed by atoms with van der Waals surface area (Å²) < 4.78 is 2.96. The summed E-state index contributed by atoms with van der Waals surface area (Å²) in [7, 11) is 0. The molecule has 0 saturated heterocycles. The zero-order valence-electron chi connectivity index (χ0n) is 9.38. The van der Waals surface area contributed by atoms with Crippen LogP contribution in [-0.2, 0) is 0 Å². The lowest BCUT2D eigenvalue weighted by molar-refractivity contribution is 0.249. The highest BCUT2D eigenvalue weighted by Gasteiger charge is 2.00. The van der Waals surface area contributed by atoms with E-state index in [4.69, 9.17) is 5.73 Å². The molecule has 1 heterocycles. The average Bonchev–Trinajstić information content (AvgIpc) is 2.78. The number of hydrazone groups is 1. The van der Waals surface area contributed by atoms with E-state index in [1.807, 2.05) is 47.2 Å². The molecule has 1 aromatic heterocycles. The summed E-state index contributed by atoms with van der Waals surface area (Å²) in [6, 6.07) is 11.0. The molecule has 0 fully saturated rings. The number of hydrogen-bond donors (Lipinski definition) is 2. The maximum absolute atomic E-state index is 10.5. The van der Waals surface area contributed by atoms with Gasteiger partial charge in [0.25, 0.3) is 0 Å². The van der Waals surface area contributed by atoms with Gasteiger partial charge in [-0.3, -0.25) is 0 Å². The van der Waals surface area contributed by atoms with Crippen molar-refractivity contribution in [3.05, 3.63) is 52.8 Å². The summed E-state index contributed by atoms with van der Waals surface area (Å²) in [4.78, 5) is 10.5. The molecule has 2 rings (SSSR count). The molecule has 0 aliphatic carbocycles. The Morgan fingerprint density at radius 1 is 1.33 bits per heavy atom. The Labute approximate surface area is 112 Å². The lowest BCUT2D eigenvalue weighted by Crippen LogP contribution is -2.24. The Morgan fingerprint density at radius 2 is 2.06 bits per heavy atom. The van der Waals surface area contributed by atoms with Crippen LogP contribution >= 0.6 is 15.9 Å². The number of aromatic nitrogens is 1. The molecule has 5 nitrogen and oxygen atoms in total. The first kappa shape index (κ1) is 12.4. The number of nitrogens with one attached hydrogen (secondary N) is 1. The van der Waals surface area contributed by atoms with Gasteiger partial charge in [-0.2, -0.15) is 5.10 Å². The summed E-state index contributed by atoms with van der Waals surface area (Å²) in [6.07, 6.45) is 3.45. The summed E-state index contributed by atoms with van der Waals surface area (Å²) in [5, 5.41) is 3.74. The minimum absolute atomic E-state index is 0.687. The van der Waals surface area contributed by atoms with Gasteiger partial charge in [0.2, 0.25) is 0 Å². The molecule has 6 heteroatoms. The van der Waals surface area contributed by atoms with E-state index in [-0.39, 0.29) is 0 Å². The fraction of sp³-hybridized carbons (Fsp3) is 0. The van der Waals surface area contributed by atoms with Crippen molar-refractivity contribution in [1.29, 1.82) is 0 Å². The second-order valence-electron chi connectivity index (χ2n) is 3.51. The first-order valence-electron chi connectivity index (χ1n) is 5.18. The van der Waals surface area contributed by atoms with Crippen LogP contribution in [0.15, 0.2) is 52.2 Å². The van der Waals surface area contributed by atoms with Gasteiger partial charge < -0.3 is 10.3 Å². The third-order valence-corrected chi connectivity index (χ3v) is 2.79. The lowest BCUT2D eigenvalue weighted by atomic mass is 10.3. The van der Waals surface area contributed by atoms with Crippen LogP contribution in [0, 0.1) is 0 Å². The summed E-state index contributed by atoms with van der Waals surface area (Å²) in [5.74, 6) is 0. The standard InChI is InChI=1S/C12H11BrN4O/c13-9-3-5-10(6-4-9)17-7-1-2-11(17)8-15-16-12(14)18/h1-8H,(H3,14,16,18)/b15-8+. The minimum atomic E-state index is -0.687. The third-order valence-electron chi connectivity index (χ3n) is 2.26. The van der Waals surface area contributed by atoms with Crippen LogP contribution in [0.2, 0.25) is 0 Å². The first-order valence-corrected chi connectivity index (χ1v) is 5.98. The normalized spacial score (nSPS) is 10.7. The van der Waals surface area contributed by atoms with Gasteiger partial charge in [-0.05, 0) is 36.4 Å². The maximum Gasteiger partial charge on any atom is 0.332 e. The quantitative estimate of drug-likeness (QED) is 0.662. The van der Waals surface area contributed by atoms with Crippen molar-refractivity contribution in [1.82, 2.24) is 9.99 Å². The van der Waals surface area contributed by atoms with Crippen LogP contribution in [-0.4, -0.2) is 16.8 Å². The predicted octanol–water partition coefficient (Wildman–Crippen LogP) is 2.24. The van der Waals surface area contributed by atoms with Crippen LogP contribution in [0.25, 0.3) is 5.69 Å². The highest BCUT2D eigenvalue weighted by molar-refractivity contribution is 9.10. The molecular weight excluding hydrogens is 296 g/mol. The largest absolute Gasteiger partial charge is 0.350 e. The van der Waals surface area contributed by atoms with Crippen molar-refractivity contribution in [2.75, 3.05) is 0 Å². The molecule has 0 aliphatic rings. The van der Waals surface area contributed by atoms with Crippen molar-refractivity contribution in [3.8, 4) is 5.69 Å². The number of halogens is 1. The molecule has 0 bridgehead atoms. The Morgan fingerprint density at radius 3 is 2.72 bits per heavy atom. The SMILES string of the molecule is NC(=O)N/N=C/c1cccn1-c1ccc(Br)cc1. The number of primary amides is 1. The van der Waals surface area contributed by atoms with Crippen molar-refractivity contribution in [3.63, 3.8) is 0 Å². The summed E-state index contributed by atoms with van der Waals surface area (Å²) >= 11 is 3.39. The van der Waals surface area contributed by atoms with Gasteiger partial charge in [0.05, 0.1) is 11.9 Å². The van der Waals surface area contributed by atoms with Crippen LogP contribution < -0.4 is 11.2 Å². The monoisotopic (exact) mass is 306 g/mol. The van der Waals surface area contributed by atoms with Crippen LogP contribution in [0.1, 0.15) is 5.69 Å². The number of benzene rings is 1. The number of rotatable bonds is 3. The number of carbonyl (C=O) groups excluding carboxylic acids is 1. The van der Waals surface area contributed by atoms with E-state index in [0.29, 0.717) is 0 Å². The van der Waals surface area contributed by atoms with E-state index in [2.05, 4.69) is 26.5 Å². The van der Waals surface area contributed by atoms with E-state index >= 15 is 0 Å². The molecule has 92 valence electrons. The minimum Gasteiger partial charge on any atom is -0.350 e. The second-order valence-corrected chi connectivity index (χ2v) is 4.43. The van der Waals surface area contributed by atoms with E-state index in [1.165, 1.54) is 6.21 Å². The molecule has 0 atom stereocenters. The van der Waals surface area contributed by atoms with Crippen molar-refractivity contribution < 1.29 is 4.79 Å². The fourth-order valence-electron chi connectivity index (χ4n) is 1.50. The van der Waals surface area contributed by atoms with E-state index in [9.17, 15) is 4.79 Å². The number of carbonyl (C=O) groups is 1. The number of nitrogens with zero attached hydrogens (tertiary/aromatic N) is 2. The van der Waals surface area contributed by atoms with Gasteiger partial charge in [0.15, 0.2) is 0 Å². The average molecular weight is 307 g/mol. The Kier molecular flexibility index (Phi) is 3.78. The third kappa shape index (κ3) is 2.98. The van der Waals surface area contributed by atoms with Gasteiger partial charge in [0, 0.05) is 16.4 Å². The number of amides is 2. The van der Waals surface area contributed by atoms with E-state index in [1.54, 1.807) is 0 Å². The second kappa shape index (κ2) is 5.50. The number of nitrogens with two attached hydrogens (primary N) is 1. The Hall–Kier alpha value is -2.08. The molecule has 1 aromatic carbocycles. The van der Waals surface area contributed by atoms with Gasteiger partial charge in [-0.1, -0.05) is 15.9 Å². The van der Waals surface area contributed by atoms with E-state index < -0.39 is 6.03 Å². The Bertz CT molecular complexity index is 574. The molecule has 0 saturated carbocycles. The first-order chi connectivity index (χ1) is 8.66. The zero-order chi connectivity index (χ0) is 13.0. The van der Waals surface area contributed by atoms with Crippen molar-refractivity contribution in [2.24, 2.45) is 10.8 Å². The molecule has 0 unspecified atom stereocenters. The zero-order valence-corrected chi connectivity index (χ0v) is 11.0. The van der Waals surface area contributed by atoms with Gasteiger partial charge >= 0.3 is 6.03 Å². The highest BCUT2D eigenvalue weighted by atomic mass is 79.9. The topological polar surface area (TPSA) is 72.4 Å². The number of hydrogen-bond acceptors (Lipinski definition) is 2. The number of urea groups is 1. The van der Waals surface area contributed by atoms with Crippen molar-refractivity contribution in [2.45, 2.75) is 0 Å². The van der Waals surface area contributed by atoms with Gasteiger partial charge in [-0.15, -0.1) is 0 Å². The predicted molar refractivity (Wildman–Crippen MR) is 73.8 cm³/mol. The Balaban J connectivity index is 2.24. The van der Waals surface area contributed by atoms with Gasteiger partial charge in [0.1, 0.15) is 0 Å². The smallest absolute Gasteiger partial charge is 0.332 e. The highest BCUT2D eigenvalue weighted by Crippen LogP contribution is 2.15. The fourth-order valence-corrected chi connectivity index (χ4v) is 1.76. The molecule has 2 aromatic rings. The molecule has 0 radical (unpaired) electrons. The summed E-state index contributed by atoms with van der Waals surface area (Å²) in [6.45, 7) is 0. The molecular formula is C12H11BrN4O. The molecule has 3 N–H and O–H groups in total. The van der Waals surface area contributed by atoms with Crippen LogP contribution in [0.3, 0.4) is 0 Å².